The molecule has 2 aromatic rings. The lowest BCUT2D eigenvalue weighted by atomic mass is 10.3. The van der Waals surface area contributed by atoms with Gasteiger partial charge in [0.25, 0.3) is 5.88 Å². The number of anilines is 1. The topological polar surface area (TPSA) is 51.1 Å². The van der Waals surface area contributed by atoms with Gasteiger partial charge < -0.3 is 9.64 Å². The van der Waals surface area contributed by atoms with Gasteiger partial charge in [0.1, 0.15) is 6.61 Å². The van der Waals surface area contributed by atoms with Crippen molar-refractivity contribution in [3.05, 3.63) is 42.5 Å². The maximum absolute atomic E-state index is 5.78. The van der Waals surface area contributed by atoms with E-state index < -0.39 is 0 Å². The van der Waals surface area contributed by atoms with Gasteiger partial charge in [-0.05, 0) is 18.9 Å². The van der Waals surface area contributed by atoms with E-state index in [-0.39, 0.29) is 0 Å². The summed E-state index contributed by atoms with van der Waals surface area (Å²) in [6.45, 7) is 2.53. The Morgan fingerprint density at radius 2 is 1.95 bits per heavy atom. The summed E-state index contributed by atoms with van der Waals surface area (Å²) in [6, 6.07) is 3.88. The van der Waals surface area contributed by atoms with Gasteiger partial charge in [0, 0.05) is 43.4 Å². The van der Waals surface area contributed by atoms with Gasteiger partial charge in [-0.15, -0.1) is 0 Å². The van der Waals surface area contributed by atoms with E-state index in [0.29, 0.717) is 12.5 Å². The summed E-state index contributed by atoms with van der Waals surface area (Å²) in [7, 11) is 0. The van der Waals surface area contributed by atoms with Crippen LogP contribution >= 0.6 is 0 Å². The van der Waals surface area contributed by atoms with Crippen LogP contribution < -0.4 is 9.64 Å². The van der Waals surface area contributed by atoms with Crippen LogP contribution in [0.4, 0.5) is 5.82 Å². The molecule has 2 aromatic heterocycles. The van der Waals surface area contributed by atoms with Crippen molar-refractivity contribution in [2.75, 3.05) is 18.0 Å². The van der Waals surface area contributed by atoms with Crippen LogP contribution in [0.15, 0.2) is 36.9 Å². The lowest BCUT2D eigenvalue weighted by Gasteiger charge is -2.18. The molecule has 1 fully saturated rings. The molecule has 1 saturated heterocycles. The van der Waals surface area contributed by atoms with E-state index in [1.54, 1.807) is 24.8 Å². The number of ether oxygens (including phenoxy) is 1. The number of hydrogen-bond acceptors (Lipinski definition) is 5. The lowest BCUT2D eigenvalue weighted by molar-refractivity contribution is 0.292. The molecule has 5 nitrogen and oxygen atoms in total. The average Bonchev–Trinajstić information content (AvgIpc) is 3.01. The van der Waals surface area contributed by atoms with Crippen LogP contribution in [0.1, 0.15) is 18.4 Å². The molecule has 1 aliphatic heterocycles. The van der Waals surface area contributed by atoms with Crippen LogP contribution in [0.3, 0.4) is 0 Å². The third kappa shape index (κ3) is 2.81. The minimum Gasteiger partial charge on any atom is -0.470 e. The van der Waals surface area contributed by atoms with E-state index in [9.17, 15) is 0 Å². The third-order valence-corrected chi connectivity index (χ3v) is 3.15. The highest BCUT2D eigenvalue weighted by Crippen LogP contribution is 2.26. The summed E-state index contributed by atoms with van der Waals surface area (Å²) in [4.78, 5) is 15.0. The molecule has 19 heavy (non-hydrogen) atoms. The molecule has 0 aliphatic carbocycles. The molecule has 0 amide bonds. The normalized spacial score (nSPS) is 14.6. The molecule has 98 valence electrons. The van der Waals surface area contributed by atoms with Crippen molar-refractivity contribution in [3.63, 3.8) is 0 Å². The summed E-state index contributed by atoms with van der Waals surface area (Å²) in [5.41, 5.74) is 1.03. The van der Waals surface area contributed by atoms with Gasteiger partial charge in [0.15, 0.2) is 5.82 Å². The maximum atomic E-state index is 5.78. The Morgan fingerprint density at radius 1 is 1.11 bits per heavy atom. The van der Waals surface area contributed by atoms with Gasteiger partial charge in [-0.1, -0.05) is 6.07 Å². The largest absolute Gasteiger partial charge is 0.470 e. The van der Waals surface area contributed by atoms with Crippen molar-refractivity contribution >= 4 is 5.82 Å². The summed E-state index contributed by atoms with van der Waals surface area (Å²) >= 11 is 0. The molecule has 0 spiro atoms. The number of pyridine rings is 1. The van der Waals surface area contributed by atoms with Crippen LogP contribution in [0.25, 0.3) is 0 Å². The van der Waals surface area contributed by atoms with Crippen molar-refractivity contribution in [1.29, 1.82) is 0 Å². The maximum Gasteiger partial charge on any atom is 0.257 e. The molecule has 5 heteroatoms. The molecule has 0 bridgehead atoms. The molecule has 0 atom stereocenters. The molecular weight excluding hydrogens is 240 g/mol. The minimum atomic E-state index is 0.466. The second-order valence-electron chi connectivity index (χ2n) is 4.53. The Labute approximate surface area is 112 Å². The summed E-state index contributed by atoms with van der Waals surface area (Å²) in [5, 5.41) is 0. The van der Waals surface area contributed by atoms with Crippen molar-refractivity contribution in [3.8, 4) is 5.88 Å². The molecule has 3 rings (SSSR count). The van der Waals surface area contributed by atoms with Gasteiger partial charge in [0.05, 0.1) is 0 Å². The Kier molecular flexibility index (Phi) is 3.54. The van der Waals surface area contributed by atoms with Gasteiger partial charge in [-0.3, -0.25) is 4.98 Å². The zero-order valence-corrected chi connectivity index (χ0v) is 10.7. The molecular formula is C14H16N4O. The Morgan fingerprint density at radius 3 is 2.74 bits per heavy atom. The Balaban J connectivity index is 1.73. The molecule has 3 heterocycles. The smallest absolute Gasteiger partial charge is 0.257 e. The summed E-state index contributed by atoms with van der Waals surface area (Å²) in [5.74, 6) is 1.46. The van der Waals surface area contributed by atoms with Crippen molar-refractivity contribution in [1.82, 2.24) is 15.0 Å². The highest BCUT2D eigenvalue weighted by atomic mass is 16.5. The first kappa shape index (κ1) is 11.9. The monoisotopic (exact) mass is 256 g/mol. The molecule has 1 aliphatic rings. The SMILES string of the molecule is c1cncc(COc2nccnc2N2CCCC2)c1. The van der Waals surface area contributed by atoms with Crippen LogP contribution in [-0.4, -0.2) is 28.0 Å². The predicted molar refractivity (Wildman–Crippen MR) is 72.0 cm³/mol. The fourth-order valence-electron chi connectivity index (χ4n) is 2.20. The van der Waals surface area contributed by atoms with E-state index in [1.807, 2.05) is 12.1 Å². The Bertz CT molecular complexity index is 526. The fraction of sp³-hybridized carbons (Fsp3) is 0.357. The first-order valence-electron chi connectivity index (χ1n) is 6.51. The first-order chi connectivity index (χ1) is 9.43. The number of nitrogens with zero attached hydrogens (tertiary/aromatic N) is 4. The van der Waals surface area contributed by atoms with Crippen LogP contribution in [0.2, 0.25) is 0 Å². The number of rotatable bonds is 4. The minimum absolute atomic E-state index is 0.466. The number of aromatic nitrogens is 3. The third-order valence-electron chi connectivity index (χ3n) is 3.15. The molecule has 0 unspecified atom stereocenters. The fourth-order valence-corrected chi connectivity index (χ4v) is 2.20. The standard InChI is InChI=1S/C14H16N4O/c1-2-9-18(8-1)13-14(17-7-6-16-13)19-11-12-4-3-5-15-10-12/h3-7,10H,1-2,8-9,11H2. The van der Waals surface area contributed by atoms with Gasteiger partial charge in [-0.25, -0.2) is 9.97 Å². The molecule has 0 saturated carbocycles. The summed E-state index contributed by atoms with van der Waals surface area (Å²) in [6.07, 6.45) is 9.34. The Hall–Kier alpha value is -2.17. The lowest BCUT2D eigenvalue weighted by Crippen LogP contribution is -2.20. The summed E-state index contributed by atoms with van der Waals surface area (Å²) < 4.78 is 5.78. The van der Waals surface area contributed by atoms with Gasteiger partial charge in [0.2, 0.25) is 0 Å². The molecule has 0 N–H and O–H groups in total. The second-order valence-corrected chi connectivity index (χ2v) is 4.53. The predicted octanol–water partition coefficient (Wildman–Crippen LogP) is 2.05. The van der Waals surface area contributed by atoms with Crippen LogP contribution in [0.5, 0.6) is 5.88 Å². The van der Waals surface area contributed by atoms with Crippen molar-refractivity contribution in [2.45, 2.75) is 19.4 Å². The quantitative estimate of drug-likeness (QED) is 0.838. The second kappa shape index (κ2) is 5.65. The van der Waals surface area contributed by atoms with E-state index in [4.69, 9.17) is 4.74 Å². The van der Waals surface area contributed by atoms with Crippen LogP contribution in [0, 0.1) is 0 Å². The zero-order chi connectivity index (χ0) is 12.9. The molecule has 0 radical (unpaired) electrons. The number of hydrogen-bond donors (Lipinski definition) is 0. The first-order valence-corrected chi connectivity index (χ1v) is 6.51. The van der Waals surface area contributed by atoms with Crippen molar-refractivity contribution in [2.24, 2.45) is 0 Å². The van der Waals surface area contributed by atoms with Gasteiger partial charge in [-0.2, -0.15) is 0 Å². The van der Waals surface area contributed by atoms with E-state index in [1.165, 1.54) is 12.8 Å². The zero-order valence-electron chi connectivity index (χ0n) is 10.7. The van der Waals surface area contributed by atoms with E-state index in [2.05, 4.69) is 19.9 Å². The van der Waals surface area contributed by atoms with E-state index >= 15 is 0 Å². The highest BCUT2D eigenvalue weighted by molar-refractivity contribution is 5.48. The van der Waals surface area contributed by atoms with E-state index in [0.717, 1.165) is 24.5 Å². The van der Waals surface area contributed by atoms with Gasteiger partial charge >= 0.3 is 0 Å². The van der Waals surface area contributed by atoms with Crippen LogP contribution in [-0.2, 0) is 6.61 Å². The average molecular weight is 256 g/mol. The molecule has 0 aromatic carbocycles. The highest BCUT2D eigenvalue weighted by Gasteiger charge is 2.18. The van der Waals surface area contributed by atoms with Crippen molar-refractivity contribution < 1.29 is 4.74 Å².